The predicted octanol–water partition coefficient (Wildman–Crippen LogP) is 12.9. The van der Waals surface area contributed by atoms with Crippen molar-refractivity contribution in [2.75, 3.05) is 52.6 Å². The number of benzene rings is 1. The van der Waals surface area contributed by atoms with Crippen LogP contribution in [-0.4, -0.2) is 88.1 Å². The fraction of sp³-hybridized carbons (Fsp3) is 0.696. The zero-order chi connectivity index (χ0) is 49.0. The van der Waals surface area contributed by atoms with Gasteiger partial charge in [-0.05, 0) is 164 Å². The van der Waals surface area contributed by atoms with Crippen LogP contribution in [0.3, 0.4) is 0 Å². The van der Waals surface area contributed by atoms with Gasteiger partial charge in [0.15, 0.2) is 12.6 Å². The summed E-state index contributed by atoms with van der Waals surface area (Å²) in [4.78, 5) is 41.3. The Morgan fingerprint density at radius 1 is 0.515 bits per heavy atom. The largest absolute Gasteiger partial charge is 0.461 e. The number of nitrogens with zero attached hydrogens (tertiary/aromatic N) is 1. The molecule has 1 saturated heterocycles. The van der Waals surface area contributed by atoms with Crippen LogP contribution in [0.5, 0.6) is 0 Å². The Hall–Kier alpha value is -3.81. The summed E-state index contributed by atoms with van der Waals surface area (Å²) in [6.45, 7) is 14.2. The first-order chi connectivity index (χ1) is 33.4. The molecule has 386 valence electrons. The molecule has 0 radical (unpaired) electrons. The molecule has 1 aliphatic heterocycles. The van der Waals surface area contributed by atoms with Crippen molar-refractivity contribution in [1.29, 1.82) is 0 Å². The molecule has 1 fully saturated rings. The molecule has 1 heterocycles. The number of rotatable bonds is 43. The van der Waals surface area contributed by atoms with Crippen molar-refractivity contribution in [3.63, 3.8) is 0 Å². The molecule has 0 aliphatic carbocycles. The maximum absolute atomic E-state index is 13.1. The Bertz CT molecular complexity index is 1400. The van der Waals surface area contributed by atoms with Gasteiger partial charge in [-0.25, -0.2) is 4.79 Å². The molecular formula is C56H92N2O10. The van der Waals surface area contributed by atoms with Crippen LogP contribution in [0.4, 0.5) is 4.79 Å². The van der Waals surface area contributed by atoms with Gasteiger partial charge in [-0.15, -0.1) is 0 Å². The average Bonchev–Trinajstić information content (AvgIpc) is 3.87. The third-order valence-electron chi connectivity index (χ3n) is 11.2. The van der Waals surface area contributed by atoms with E-state index in [1.165, 1.54) is 12.8 Å². The molecule has 1 aliphatic rings. The van der Waals surface area contributed by atoms with Crippen molar-refractivity contribution in [1.82, 2.24) is 10.2 Å². The Kier molecular flexibility index (Phi) is 38.3. The van der Waals surface area contributed by atoms with E-state index < -0.39 is 18.7 Å². The summed E-state index contributed by atoms with van der Waals surface area (Å²) in [7, 11) is 0. The Morgan fingerprint density at radius 3 is 1.22 bits per heavy atom. The molecule has 12 heteroatoms. The van der Waals surface area contributed by atoms with E-state index in [1.807, 2.05) is 18.2 Å². The van der Waals surface area contributed by atoms with E-state index in [0.717, 1.165) is 122 Å². The van der Waals surface area contributed by atoms with Gasteiger partial charge < -0.3 is 43.4 Å². The lowest BCUT2D eigenvalue weighted by Gasteiger charge is -2.19. The molecule has 0 aromatic heterocycles. The Labute approximate surface area is 412 Å². The second-order valence-corrected chi connectivity index (χ2v) is 17.5. The quantitative estimate of drug-likeness (QED) is 0.0221. The Morgan fingerprint density at radius 2 is 0.868 bits per heavy atom. The molecular weight excluding hydrogens is 861 g/mol. The van der Waals surface area contributed by atoms with E-state index in [0.29, 0.717) is 62.5 Å². The number of hydrogen-bond acceptors (Lipinski definition) is 11. The van der Waals surface area contributed by atoms with Gasteiger partial charge in [0.1, 0.15) is 19.8 Å². The number of carbonyl (C=O) groups excluding carboxylic acids is 3. The average molecular weight is 953 g/mol. The molecule has 0 atom stereocenters. The number of amides is 1. The van der Waals surface area contributed by atoms with Crippen molar-refractivity contribution >= 4 is 18.0 Å². The van der Waals surface area contributed by atoms with Crippen LogP contribution in [0, 0.1) is 0 Å². The second-order valence-electron chi connectivity index (χ2n) is 17.5. The molecule has 1 aromatic carbocycles. The van der Waals surface area contributed by atoms with Crippen LogP contribution in [0.15, 0.2) is 66.8 Å². The molecule has 12 nitrogen and oxygen atoms in total. The zero-order valence-corrected chi connectivity index (χ0v) is 42.9. The highest BCUT2D eigenvalue weighted by atomic mass is 16.7. The first-order valence-electron chi connectivity index (χ1n) is 26.5. The monoisotopic (exact) mass is 953 g/mol. The number of likely N-dealkylation sites (tertiary alicyclic amines) is 1. The van der Waals surface area contributed by atoms with E-state index in [2.05, 4.69) is 86.5 Å². The third kappa shape index (κ3) is 34.5. The van der Waals surface area contributed by atoms with E-state index in [-0.39, 0.29) is 44.6 Å². The predicted molar refractivity (Wildman–Crippen MR) is 273 cm³/mol. The van der Waals surface area contributed by atoms with Crippen LogP contribution in [0.1, 0.15) is 186 Å². The number of hydrogen-bond donors (Lipinski definition) is 1. The van der Waals surface area contributed by atoms with Crippen LogP contribution in [0.25, 0.3) is 0 Å². The lowest BCUT2D eigenvalue weighted by Crippen LogP contribution is -2.33. The summed E-state index contributed by atoms with van der Waals surface area (Å²) in [5.74, 6) is -0.742. The summed E-state index contributed by atoms with van der Waals surface area (Å²) in [5.41, 5.74) is 2.07. The van der Waals surface area contributed by atoms with E-state index in [9.17, 15) is 14.4 Å². The lowest BCUT2D eigenvalue weighted by molar-refractivity contribution is -0.160. The van der Waals surface area contributed by atoms with E-state index >= 15 is 0 Å². The molecule has 68 heavy (non-hydrogen) atoms. The van der Waals surface area contributed by atoms with Gasteiger partial charge in [0, 0.05) is 52.4 Å². The SMILES string of the molecule is CC/C=C\CCCCOC(CCC(=O)OCc1cc(COC(=O)CCC(OCCCC/C=C\CC)OCCCC/C=C\CC)cc(COC(=O)NCCN2CCCC2)c1)OCCCC/C=C\CC. The first kappa shape index (κ1) is 60.3. The van der Waals surface area contributed by atoms with Crippen molar-refractivity contribution < 1.29 is 47.5 Å². The minimum Gasteiger partial charge on any atom is -0.461 e. The fourth-order valence-corrected chi connectivity index (χ4v) is 7.44. The highest BCUT2D eigenvalue weighted by Crippen LogP contribution is 2.18. The molecule has 0 bridgehead atoms. The number of nitrogens with one attached hydrogen (secondary N) is 1. The molecule has 2 rings (SSSR count). The van der Waals surface area contributed by atoms with Gasteiger partial charge in [0.25, 0.3) is 0 Å². The minimum absolute atomic E-state index is 0.00126. The van der Waals surface area contributed by atoms with Gasteiger partial charge >= 0.3 is 18.0 Å². The molecule has 0 unspecified atom stereocenters. The number of allylic oxidation sites excluding steroid dienone is 8. The third-order valence-corrected chi connectivity index (χ3v) is 11.2. The first-order valence-corrected chi connectivity index (χ1v) is 26.5. The van der Waals surface area contributed by atoms with E-state index in [1.54, 1.807) is 0 Å². The number of unbranched alkanes of at least 4 members (excludes halogenated alkanes) is 8. The van der Waals surface area contributed by atoms with Gasteiger partial charge in [0.05, 0.1) is 12.8 Å². The highest BCUT2D eigenvalue weighted by molar-refractivity contribution is 5.70. The topological polar surface area (TPSA) is 131 Å². The summed E-state index contributed by atoms with van der Waals surface area (Å²) >= 11 is 0. The summed E-state index contributed by atoms with van der Waals surface area (Å²) in [5, 5.41) is 2.85. The fourth-order valence-electron chi connectivity index (χ4n) is 7.44. The molecule has 0 spiro atoms. The van der Waals surface area contributed by atoms with Gasteiger partial charge in [-0.2, -0.15) is 0 Å². The van der Waals surface area contributed by atoms with Crippen molar-refractivity contribution in [2.45, 2.75) is 201 Å². The highest BCUT2D eigenvalue weighted by Gasteiger charge is 2.17. The van der Waals surface area contributed by atoms with E-state index in [4.69, 9.17) is 33.2 Å². The van der Waals surface area contributed by atoms with Crippen LogP contribution in [-0.2, 0) is 62.6 Å². The molecule has 1 N–H and O–H groups in total. The summed E-state index contributed by atoms with van der Waals surface area (Å²) in [6.07, 6.45) is 35.5. The van der Waals surface area contributed by atoms with Crippen molar-refractivity contribution in [3.8, 4) is 0 Å². The maximum Gasteiger partial charge on any atom is 0.407 e. The smallest absolute Gasteiger partial charge is 0.407 e. The van der Waals surface area contributed by atoms with Gasteiger partial charge in [-0.1, -0.05) is 76.3 Å². The van der Waals surface area contributed by atoms with Crippen molar-refractivity contribution in [2.24, 2.45) is 0 Å². The van der Waals surface area contributed by atoms with Crippen molar-refractivity contribution in [3.05, 3.63) is 83.5 Å². The molecule has 0 saturated carbocycles. The number of esters is 2. The van der Waals surface area contributed by atoms with Crippen LogP contribution in [0.2, 0.25) is 0 Å². The molecule has 1 aromatic rings. The standard InChI is InChI=1S/C56H92N2O10/c1-5-9-13-17-21-27-39-62-54(63-40-28-22-18-14-10-6-2)33-31-52(59)66-46-49-43-50(45-51(44-49)48-68-56(61)57-35-38-58-36-25-26-37-58)47-67-53(60)32-34-55(64-41-29-23-19-15-11-7-3)65-42-30-24-20-16-12-8-4/h9-16,43-45,54-55H,5-8,17-42,46-48H2,1-4H3,(H,57,61)/b13-9-,14-10-,15-11-,16-12-. The lowest BCUT2D eigenvalue weighted by atomic mass is 10.1. The number of carbonyl (C=O) groups is 3. The number of alkyl carbamates (subject to hydrolysis) is 1. The van der Waals surface area contributed by atoms with Gasteiger partial charge in [-0.3, -0.25) is 9.59 Å². The second kappa shape index (κ2) is 43.2. The zero-order valence-electron chi connectivity index (χ0n) is 42.9. The van der Waals surface area contributed by atoms with Crippen LogP contribution >= 0.6 is 0 Å². The van der Waals surface area contributed by atoms with Gasteiger partial charge in [0.2, 0.25) is 0 Å². The summed E-state index contributed by atoms with van der Waals surface area (Å²) in [6, 6.07) is 5.53. The van der Waals surface area contributed by atoms with Crippen LogP contribution < -0.4 is 5.32 Å². The summed E-state index contributed by atoms with van der Waals surface area (Å²) < 4.78 is 41.6. The maximum atomic E-state index is 13.1. The Balaban J connectivity index is 2.02. The number of ether oxygens (including phenoxy) is 7. The minimum atomic E-state index is -0.504. The molecule has 1 amide bonds. The normalized spacial score (nSPS) is 13.4.